The Bertz CT molecular complexity index is 514. The molecule has 2 aliphatic rings. The molecule has 1 aromatic carbocycles. The molecule has 114 valence electrons. The Labute approximate surface area is 125 Å². The Hall–Kier alpha value is -1.38. The van der Waals surface area contributed by atoms with Crippen LogP contribution in [-0.2, 0) is 0 Å². The highest BCUT2D eigenvalue weighted by Gasteiger charge is 2.20. The highest BCUT2D eigenvalue weighted by Crippen LogP contribution is 2.30. The highest BCUT2D eigenvalue weighted by atomic mass is 19.2. The van der Waals surface area contributed by atoms with Crippen LogP contribution in [0.2, 0.25) is 0 Å². The van der Waals surface area contributed by atoms with Crippen molar-refractivity contribution in [2.45, 2.75) is 44.9 Å². The first-order valence-corrected chi connectivity index (χ1v) is 8.03. The van der Waals surface area contributed by atoms with Crippen LogP contribution < -0.4 is 4.74 Å². The number of rotatable bonds is 5. The minimum Gasteiger partial charge on any atom is -0.490 e. The van der Waals surface area contributed by atoms with Crippen LogP contribution in [0.5, 0.6) is 5.75 Å². The third-order valence-corrected chi connectivity index (χ3v) is 4.72. The van der Waals surface area contributed by atoms with E-state index in [9.17, 15) is 8.78 Å². The molecule has 0 heterocycles. The van der Waals surface area contributed by atoms with Crippen molar-refractivity contribution in [2.24, 2.45) is 11.8 Å². The van der Waals surface area contributed by atoms with Crippen molar-refractivity contribution in [3.05, 3.63) is 35.4 Å². The Kier molecular flexibility index (Phi) is 4.57. The number of allylic oxidation sites excluding steroid dienone is 1. The van der Waals surface area contributed by atoms with E-state index in [2.05, 4.69) is 0 Å². The van der Waals surface area contributed by atoms with Crippen molar-refractivity contribution in [3.8, 4) is 5.75 Å². The van der Waals surface area contributed by atoms with Gasteiger partial charge in [0.15, 0.2) is 11.6 Å². The quantitative estimate of drug-likeness (QED) is 0.711. The van der Waals surface area contributed by atoms with Crippen LogP contribution in [0.1, 0.15) is 50.5 Å². The molecule has 21 heavy (non-hydrogen) atoms. The lowest BCUT2D eigenvalue weighted by atomic mass is 9.86. The summed E-state index contributed by atoms with van der Waals surface area (Å²) in [5.74, 6) is -0.591. The summed E-state index contributed by atoms with van der Waals surface area (Å²) in [5, 5.41) is 0. The predicted molar refractivity (Wildman–Crippen MR) is 80.2 cm³/mol. The van der Waals surface area contributed by atoms with Crippen molar-refractivity contribution in [2.75, 3.05) is 6.61 Å². The van der Waals surface area contributed by atoms with Gasteiger partial charge < -0.3 is 4.74 Å². The summed E-state index contributed by atoms with van der Waals surface area (Å²) < 4.78 is 33.5. The zero-order chi connectivity index (χ0) is 14.7. The van der Waals surface area contributed by atoms with Crippen molar-refractivity contribution in [1.29, 1.82) is 0 Å². The number of hydrogen-bond donors (Lipinski definition) is 0. The van der Waals surface area contributed by atoms with Crippen molar-refractivity contribution >= 4 is 6.08 Å². The minimum absolute atomic E-state index is 0.0393. The number of halogens is 2. The van der Waals surface area contributed by atoms with Gasteiger partial charge in [-0.25, -0.2) is 4.39 Å². The Morgan fingerprint density at radius 1 is 1.00 bits per heavy atom. The molecule has 0 bridgehead atoms. The van der Waals surface area contributed by atoms with E-state index in [0.717, 1.165) is 25.7 Å². The second-order valence-corrected chi connectivity index (χ2v) is 6.29. The highest BCUT2D eigenvalue weighted by molar-refractivity contribution is 5.52. The third kappa shape index (κ3) is 3.45. The fourth-order valence-electron chi connectivity index (χ4n) is 3.04. The van der Waals surface area contributed by atoms with Crippen LogP contribution in [-0.4, -0.2) is 6.61 Å². The van der Waals surface area contributed by atoms with Crippen LogP contribution >= 0.6 is 0 Å². The van der Waals surface area contributed by atoms with Crippen LogP contribution in [0, 0.1) is 23.5 Å². The van der Waals surface area contributed by atoms with E-state index in [0.29, 0.717) is 24.0 Å². The molecule has 0 aromatic heterocycles. The molecule has 2 saturated carbocycles. The molecule has 1 nitrogen and oxygen atoms in total. The SMILES string of the molecule is Fc1c(/C=C/C2CCCC2)ccc(OCC2CCC2)c1F. The molecule has 3 heteroatoms. The van der Waals surface area contributed by atoms with Gasteiger partial charge in [0.25, 0.3) is 0 Å². The smallest absolute Gasteiger partial charge is 0.201 e. The van der Waals surface area contributed by atoms with Gasteiger partial charge in [-0.15, -0.1) is 0 Å². The fourth-order valence-corrected chi connectivity index (χ4v) is 3.04. The number of ether oxygens (including phenoxy) is 1. The van der Waals surface area contributed by atoms with E-state index in [1.54, 1.807) is 18.2 Å². The molecule has 0 spiro atoms. The maximum absolute atomic E-state index is 14.1. The largest absolute Gasteiger partial charge is 0.490 e. The first-order chi connectivity index (χ1) is 10.2. The maximum atomic E-state index is 14.1. The van der Waals surface area contributed by atoms with Crippen LogP contribution in [0.25, 0.3) is 6.08 Å². The van der Waals surface area contributed by atoms with Gasteiger partial charge in [0.05, 0.1) is 6.61 Å². The van der Waals surface area contributed by atoms with Crippen LogP contribution in [0.15, 0.2) is 18.2 Å². The lowest BCUT2D eigenvalue weighted by molar-refractivity contribution is 0.174. The van der Waals surface area contributed by atoms with E-state index in [4.69, 9.17) is 4.74 Å². The molecule has 0 aliphatic heterocycles. The maximum Gasteiger partial charge on any atom is 0.201 e. The van der Waals surface area contributed by atoms with Crippen LogP contribution in [0.3, 0.4) is 0 Å². The van der Waals surface area contributed by atoms with E-state index in [1.165, 1.54) is 19.3 Å². The van der Waals surface area contributed by atoms with E-state index in [-0.39, 0.29) is 5.75 Å². The Balaban J connectivity index is 1.66. The number of hydrogen-bond acceptors (Lipinski definition) is 1. The molecule has 1 aromatic rings. The normalized spacial score (nSPS) is 20.1. The molecular weight excluding hydrogens is 270 g/mol. The number of benzene rings is 1. The summed E-state index contributed by atoms with van der Waals surface area (Å²) in [7, 11) is 0. The molecule has 0 atom stereocenters. The van der Waals surface area contributed by atoms with Gasteiger partial charge in [0, 0.05) is 5.56 Å². The van der Waals surface area contributed by atoms with Gasteiger partial charge in [-0.1, -0.05) is 31.4 Å². The summed E-state index contributed by atoms with van der Waals surface area (Å²) in [4.78, 5) is 0. The average molecular weight is 292 g/mol. The Morgan fingerprint density at radius 3 is 2.43 bits per heavy atom. The average Bonchev–Trinajstić information content (AvgIpc) is 2.94. The van der Waals surface area contributed by atoms with Crippen molar-refractivity contribution in [1.82, 2.24) is 0 Å². The monoisotopic (exact) mass is 292 g/mol. The van der Waals surface area contributed by atoms with Gasteiger partial charge >= 0.3 is 0 Å². The molecule has 3 rings (SSSR count). The second-order valence-electron chi connectivity index (χ2n) is 6.29. The fraction of sp³-hybridized carbons (Fsp3) is 0.556. The molecule has 0 amide bonds. The summed E-state index contributed by atoms with van der Waals surface area (Å²) in [5.41, 5.74) is 0.315. The topological polar surface area (TPSA) is 9.23 Å². The second kappa shape index (κ2) is 6.59. The summed E-state index contributed by atoms with van der Waals surface area (Å²) >= 11 is 0. The lowest BCUT2D eigenvalue weighted by Gasteiger charge is -2.25. The Morgan fingerprint density at radius 2 is 1.76 bits per heavy atom. The molecule has 0 saturated heterocycles. The van der Waals surface area contributed by atoms with Gasteiger partial charge in [-0.2, -0.15) is 4.39 Å². The molecule has 0 unspecified atom stereocenters. The van der Waals surface area contributed by atoms with Crippen molar-refractivity contribution in [3.63, 3.8) is 0 Å². The molecular formula is C18H22F2O. The van der Waals surface area contributed by atoms with Gasteiger partial charge in [-0.3, -0.25) is 0 Å². The van der Waals surface area contributed by atoms with Crippen molar-refractivity contribution < 1.29 is 13.5 Å². The molecule has 0 radical (unpaired) electrons. The predicted octanol–water partition coefficient (Wildman–Crippen LogP) is 5.35. The van der Waals surface area contributed by atoms with Gasteiger partial charge in [0.1, 0.15) is 0 Å². The zero-order valence-electron chi connectivity index (χ0n) is 12.3. The molecule has 2 fully saturated rings. The van der Waals surface area contributed by atoms with E-state index < -0.39 is 11.6 Å². The van der Waals surface area contributed by atoms with Crippen LogP contribution in [0.4, 0.5) is 8.78 Å². The zero-order valence-corrected chi connectivity index (χ0v) is 12.3. The minimum atomic E-state index is -0.858. The first-order valence-electron chi connectivity index (χ1n) is 8.03. The summed E-state index contributed by atoms with van der Waals surface area (Å²) in [6.07, 6.45) is 12.0. The lowest BCUT2D eigenvalue weighted by Crippen LogP contribution is -2.19. The van der Waals surface area contributed by atoms with E-state index >= 15 is 0 Å². The van der Waals surface area contributed by atoms with Gasteiger partial charge in [-0.05, 0) is 49.7 Å². The van der Waals surface area contributed by atoms with E-state index in [1.807, 2.05) is 6.08 Å². The molecule has 2 aliphatic carbocycles. The van der Waals surface area contributed by atoms with Gasteiger partial charge in [0.2, 0.25) is 5.82 Å². The summed E-state index contributed by atoms with van der Waals surface area (Å²) in [6, 6.07) is 3.16. The first kappa shape index (κ1) is 14.6. The third-order valence-electron chi connectivity index (χ3n) is 4.72. The molecule has 0 N–H and O–H groups in total. The standard InChI is InChI=1S/C18H22F2O/c19-17-15(9-8-13-4-1-2-5-13)10-11-16(18(17)20)21-12-14-6-3-7-14/h8-11,13-14H,1-7,12H2/b9-8+. The summed E-state index contributed by atoms with van der Waals surface area (Å²) in [6.45, 7) is 0.494.